The molecule has 0 bridgehead atoms. The van der Waals surface area contributed by atoms with E-state index in [2.05, 4.69) is 71.5 Å². The molecule has 1 unspecified atom stereocenters. The molecule has 0 aliphatic heterocycles. The number of nitrogens with one attached hydrogen (secondary N) is 1. The van der Waals surface area contributed by atoms with Crippen LogP contribution < -0.4 is 10.1 Å². The number of methoxy groups -OCH3 is 1. The van der Waals surface area contributed by atoms with Crippen molar-refractivity contribution in [3.8, 4) is 5.75 Å². The summed E-state index contributed by atoms with van der Waals surface area (Å²) >= 11 is 3.51. The summed E-state index contributed by atoms with van der Waals surface area (Å²) < 4.78 is 6.61. The van der Waals surface area contributed by atoms with Gasteiger partial charge in [-0.05, 0) is 43.1 Å². The van der Waals surface area contributed by atoms with Gasteiger partial charge in [0.25, 0.3) is 0 Å². The smallest absolute Gasteiger partial charge is 0.125 e. The molecule has 0 radical (unpaired) electrons. The van der Waals surface area contributed by atoms with Crippen LogP contribution in [-0.4, -0.2) is 13.7 Å². The summed E-state index contributed by atoms with van der Waals surface area (Å²) in [5, 5.41) is 3.64. The molecule has 112 valence electrons. The number of halogens is 1. The quantitative estimate of drug-likeness (QED) is 0.805. The van der Waals surface area contributed by atoms with E-state index in [1.807, 2.05) is 6.07 Å². The van der Waals surface area contributed by atoms with E-state index in [1.165, 1.54) is 16.7 Å². The fourth-order valence-corrected chi connectivity index (χ4v) is 2.85. The van der Waals surface area contributed by atoms with Crippen LogP contribution in [0.3, 0.4) is 0 Å². The van der Waals surface area contributed by atoms with E-state index < -0.39 is 0 Å². The van der Waals surface area contributed by atoms with Gasteiger partial charge in [-0.25, -0.2) is 0 Å². The van der Waals surface area contributed by atoms with Crippen molar-refractivity contribution in [1.29, 1.82) is 0 Å². The van der Waals surface area contributed by atoms with Gasteiger partial charge in [0, 0.05) is 10.0 Å². The summed E-state index contributed by atoms with van der Waals surface area (Å²) in [6, 6.07) is 14.9. The molecular formula is C18H22BrNO. The molecule has 0 saturated heterocycles. The van der Waals surface area contributed by atoms with Crippen LogP contribution in [0.5, 0.6) is 5.75 Å². The lowest BCUT2D eigenvalue weighted by atomic mass is 9.94. The van der Waals surface area contributed by atoms with Gasteiger partial charge in [0.15, 0.2) is 0 Å². The van der Waals surface area contributed by atoms with Gasteiger partial charge in [0.1, 0.15) is 5.75 Å². The zero-order valence-electron chi connectivity index (χ0n) is 12.8. The van der Waals surface area contributed by atoms with Gasteiger partial charge < -0.3 is 10.1 Å². The van der Waals surface area contributed by atoms with E-state index in [1.54, 1.807) is 7.11 Å². The van der Waals surface area contributed by atoms with Crippen molar-refractivity contribution in [1.82, 2.24) is 5.32 Å². The van der Waals surface area contributed by atoms with Crippen molar-refractivity contribution in [2.24, 2.45) is 0 Å². The third-order valence-electron chi connectivity index (χ3n) is 3.60. The zero-order valence-corrected chi connectivity index (χ0v) is 14.4. The highest BCUT2D eigenvalue weighted by Crippen LogP contribution is 2.33. The van der Waals surface area contributed by atoms with Crippen molar-refractivity contribution in [3.05, 3.63) is 63.6 Å². The van der Waals surface area contributed by atoms with Crippen LogP contribution in [-0.2, 0) is 0 Å². The summed E-state index contributed by atoms with van der Waals surface area (Å²) in [7, 11) is 1.72. The first-order valence-electron chi connectivity index (χ1n) is 7.29. The molecule has 0 spiro atoms. The number of ether oxygens (including phenoxy) is 1. The molecule has 2 aromatic rings. The third kappa shape index (κ3) is 3.86. The van der Waals surface area contributed by atoms with Gasteiger partial charge in [-0.3, -0.25) is 0 Å². The highest BCUT2D eigenvalue weighted by Gasteiger charge is 2.19. The second kappa shape index (κ2) is 7.62. The summed E-state index contributed by atoms with van der Waals surface area (Å²) in [5.74, 6) is 0.904. The van der Waals surface area contributed by atoms with Gasteiger partial charge in [-0.1, -0.05) is 53.2 Å². The molecule has 2 rings (SSSR count). The Bertz CT molecular complexity index is 598. The minimum atomic E-state index is 0.147. The fourth-order valence-electron chi connectivity index (χ4n) is 2.51. The van der Waals surface area contributed by atoms with Gasteiger partial charge in [0.2, 0.25) is 0 Å². The number of hydrogen-bond acceptors (Lipinski definition) is 2. The Balaban J connectivity index is 2.48. The maximum Gasteiger partial charge on any atom is 0.125 e. The molecule has 0 aliphatic carbocycles. The molecule has 2 aromatic carbocycles. The zero-order chi connectivity index (χ0) is 15.2. The maximum atomic E-state index is 5.58. The van der Waals surface area contributed by atoms with Crippen LogP contribution >= 0.6 is 15.9 Å². The SMILES string of the molecule is CCCNC(c1ccccc1C)c1ccc(Br)cc1OC. The predicted molar refractivity (Wildman–Crippen MR) is 92.0 cm³/mol. The summed E-state index contributed by atoms with van der Waals surface area (Å²) in [4.78, 5) is 0. The summed E-state index contributed by atoms with van der Waals surface area (Å²) in [5.41, 5.74) is 3.76. The van der Waals surface area contributed by atoms with E-state index in [0.29, 0.717) is 0 Å². The van der Waals surface area contributed by atoms with E-state index >= 15 is 0 Å². The lowest BCUT2D eigenvalue weighted by Crippen LogP contribution is -2.24. The van der Waals surface area contributed by atoms with Crippen LogP contribution in [0.4, 0.5) is 0 Å². The number of aryl methyl sites for hydroxylation is 1. The molecule has 2 nitrogen and oxygen atoms in total. The number of rotatable bonds is 6. The molecule has 21 heavy (non-hydrogen) atoms. The summed E-state index contributed by atoms with van der Waals surface area (Å²) in [6.45, 7) is 5.31. The van der Waals surface area contributed by atoms with Crippen molar-refractivity contribution in [2.45, 2.75) is 26.3 Å². The largest absolute Gasteiger partial charge is 0.496 e. The Kier molecular flexibility index (Phi) is 5.83. The number of benzene rings is 2. The summed E-state index contributed by atoms with van der Waals surface area (Å²) in [6.07, 6.45) is 1.10. The first kappa shape index (κ1) is 16.1. The minimum Gasteiger partial charge on any atom is -0.496 e. The first-order valence-corrected chi connectivity index (χ1v) is 8.09. The van der Waals surface area contributed by atoms with Crippen LogP contribution in [0.25, 0.3) is 0 Å². The Morgan fingerprint density at radius 2 is 1.90 bits per heavy atom. The molecule has 0 amide bonds. The van der Waals surface area contributed by atoms with Crippen molar-refractivity contribution >= 4 is 15.9 Å². The standard InChI is InChI=1S/C18H22BrNO/c1-4-11-20-18(15-8-6-5-7-13(15)2)16-10-9-14(19)12-17(16)21-3/h5-10,12,18,20H,4,11H2,1-3H3. The molecule has 3 heteroatoms. The average Bonchev–Trinajstić information content (AvgIpc) is 2.50. The molecule has 0 aromatic heterocycles. The van der Waals surface area contributed by atoms with Crippen LogP contribution in [0.2, 0.25) is 0 Å². The van der Waals surface area contributed by atoms with Gasteiger partial charge >= 0.3 is 0 Å². The van der Waals surface area contributed by atoms with Gasteiger partial charge in [-0.15, -0.1) is 0 Å². The van der Waals surface area contributed by atoms with E-state index in [-0.39, 0.29) is 6.04 Å². The van der Waals surface area contributed by atoms with Crippen LogP contribution in [0, 0.1) is 6.92 Å². The fraction of sp³-hybridized carbons (Fsp3) is 0.333. The highest BCUT2D eigenvalue weighted by atomic mass is 79.9. The van der Waals surface area contributed by atoms with Crippen molar-refractivity contribution < 1.29 is 4.74 Å². The van der Waals surface area contributed by atoms with Crippen LogP contribution in [0.1, 0.15) is 36.1 Å². The normalized spacial score (nSPS) is 12.2. The molecule has 1 atom stereocenters. The van der Waals surface area contributed by atoms with Gasteiger partial charge in [0.05, 0.1) is 13.2 Å². The Hall–Kier alpha value is -1.32. The van der Waals surface area contributed by atoms with Crippen molar-refractivity contribution in [3.63, 3.8) is 0 Å². The number of hydrogen-bond donors (Lipinski definition) is 1. The maximum absolute atomic E-state index is 5.58. The Labute approximate surface area is 135 Å². The molecule has 1 N–H and O–H groups in total. The van der Waals surface area contributed by atoms with Crippen LogP contribution in [0.15, 0.2) is 46.9 Å². The van der Waals surface area contributed by atoms with E-state index in [0.717, 1.165) is 23.2 Å². The third-order valence-corrected chi connectivity index (χ3v) is 4.10. The molecule has 0 fully saturated rings. The predicted octanol–water partition coefficient (Wildman–Crippen LogP) is 4.86. The monoisotopic (exact) mass is 347 g/mol. The van der Waals surface area contributed by atoms with Crippen molar-refractivity contribution in [2.75, 3.05) is 13.7 Å². The Morgan fingerprint density at radius 1 is 1.14 bits per heavy atom. The van der Waals surface area contributed by atoms with E-state index in [4.69, 9.17) is 4.74 Å². The second-order valence-corrected chi connectivity index (χ2v) is 6.05. The second-order valence-electron chi connectivity index (χ2n) is 5.13. The lowest BCUT2D eigenvalue weighted by Gasteiger charge is -2.23. The average molecular weight is 348 g/mol. The molecule has 0 heterocycles. The topological polar surface area (TPSA) is 21.3 Å². The Morgan fingerprint density at radius 3 is 2.57 bits per heavy atom. The molecular weight excluding hydrogens is 326 g/mol. The van der Waals surface area contributed by atoms with E-state index in [9.17, 15) is 0 Å². The first-order chi connectivity index (χ1) is 10.2. The van der Waals surface area contributed by atoms with Gasteiger partial charge in [-0.2, -0.15) is 0 Å². The molecule has 0 saturated carbocycles. The molecule has 0 aliphatic rings. The minimum absolute atomic E-state index is 0.147. The lowest BCUT2D eigenvalue weighted by molar-refractivity contribution is 0.403. The highest BCUT2D eigenvalue weighted by molar-refractivity contribution is 9.10.